The molecule has 6 rings (SSSR count). The predicted octanol–water partition coefficient (Wildman–Crippen LogP) is 2.89. The predicted molar refractivity (Wildman–Crippen MR) is 132 cm³/mol. The Morgan fingerprint density at radius 2 is 2.09 bits per heavy atom. The maximum absolute atomic E-state index is 13.6. The van der Waals surface area contributed by atoms with Gasteiger partial charge in [0.15, 0.2) is 5.82 Å². The van der Waals surface area contributed by atoms with Gasteiger partial charge in [0.1, 0.15) is 11.3 Å². The van der Waals surface area contributed by atoms with Crippen molar-refractivity contribution in [3.63, 3.8) is 0 Å². The molecule has 1 aromatic carbocycles. The molecule has 1 fully saturated rings. The van der Waals surface area contributed by atoms with E-state index >= 15 is 0 Å². The van der Waals surface area contributed by atoms with E-state index in [-0.39, 0.29) is 24.4 Å². The highest BCUT2D eigenvalue weighted by atomic mass is 16.5. The molecule has 0 radical (unpaired) electrons. The smallest absolute Gasteiger partial charge is 0.253 e. The number of rotatable bonds is 4. The molecule has 8 heteroatoms. The van der Waals surface area contributed by atoms with E-state index in [0.29, 0.717) is 25.3 Å². The number of fused-ring (bicyclic) bond motifs is 5. The second-order valence-corrected chi connectivity index (χ2v) is 9.85. The standard InChI is InChI=1S/C27H29N5O3/c1-18(2)29-24(33)16-32-21-5-3-11-28-25(21)31-12-4-6-23(31)27(32)10-13-30(17-27)26(34)20-7-8-22-19(15-20)9-14-35-22/h3-8,11-12,15,18H,9-10,13-14,16-17H2,1-2H3,(H,29,33). The van der Waals surface area contributed by atoms with Crippen molar-refractivity contribution in [2.45, 2.75) is 38.3 Å². The van der Waals surface area contributed by atoms with Gasteiger partial charge in [0, 0.05) is 43.5 Å². The van der Waals surface area contributed by atoms with Crippen LogP contribution in [0, 0.1) is 0 Å². The molecule has 180 valence electrons. The van der Waals surface area contributed by atoms with E-state index in [1.54, 1.807) is 6.20 Å². The molecule has 2 amide bonds. The van der Waals surface area contributed by atoms with E-state index in [1.165, 1.54) is 0 Å². The Hall–Kier alpha value is -3.81. The number of anilines is 1. The average molecular weight is 472 g/mol. The Morgan fingerprint density at radius 3 is 2.94 bits per heavy atom. The third-order valence-corrected chi connectivity index (χ3v) is 7.25. The van der Waals surface area contributed by atoms with Gasteiger partial charge in [-0.3, -0.25) is 9.59 Å². The molecule has 8 nitrogen and oxygen atoms in total. The maximum Gasteiger partial charge on any atom is 0.253 e. The Balaban J connectivity index is 1.37. The van der Waals surface area contributed by atoms with Gasteiger partial charge in [0.2, 0.25) is 5.91 Å². The Kier molecular flexibility index (Phi) is 5.05. The zero-order valence-electron chi connectivity index (χ0n) is 20.0. The minimum absolute atomic E-state index is 0.0123. The van der Waals surface area contributed by atoms with Gasteiger partial charge in [0.25, 0.3) is 5.91 Å². The summed E-state index contributed by atoms with van der Waals surface area (Å²) in [4.78, 5) is 35.3. The number of benzene rings is 1. The van der Waals surface area contributed by atoms with Crippen molar-refractivity contribution >= 4 is 17.5 Å². The van der Waals surface area contributed by atoms with Gasteiger partial charge in [-0.15, -0.1) is 0 Å². The summed E-state index contributed by atoms with van der Waals surface area (Å²) in [5, 5.41) is 3.03. The van der Waals surface area contributed by atoms with Gasteiger partial charge >= 0.3 is 0 Å². The number of hydrogen-bond donors (Lipinski definition) is 1. The summed E-state index contributed by atoms with van der Waals surface area (Å²) in [6.45, 7) is 5.88. The van der Waals surface area contributed by atoms with E-state index in [4.69, 9.17) is 4.74 Å². The van der Waals surface area contributed by atoms with Gasteiger partial charge in [-0.05, 0) is 68.3 Å². The number of carbonyl (C=O) groups is 2. The lowest BCUT2D eigenvalue weighted by molar-refractivity contribution is -0.120. The van der Waals surface area contributed by atoms with Crippen LogP contribution in [0.2, 0.25) is 0 Å². The van der Waals surface area contributed by atoms with Crippen molar-refractivity contribution in [1.82, 2.24) is 19.8 Å². The molecule has 1 atom stereocenters. The van der Waals surface area contributed by atoms with Gasteiger partial charge in [-0.1, -0.05) is 0 Å². The first-order chi connectivity index (χ1) is 17.0. The molecule has 3 aromatic rings. The molecule has 35 heavy (non-hydrogen) atoms. The summed E-state index contributed by atoms with van der Waals surface area (Å²) in [6.07, 6.45) is 5.34. The van der Waals surface area contributed by atoms with E-state index in [2.05, 4.69) is 25.8 Å². The van der Waals surface area contributed by atoms with Crippen LogP contribution in [0.15, 0.2) is 54.9 Å². The summed E-state index contributed by atoms with van der Waals surface area (Å²) >= 11 is 0. The molecule has 0 bridgehead atoms. The minimum atomic E-state index is -0.524. The van der Waals surface area contributed by atoms with Gasteiger partial charge in [-0.2, -0.15) is 0 Å². The number of pyridine rings is 1. The minimum Gasteiger partial charge on any atom is -0.493 e. The maximum atomic E-state index is 13.6. The molecule has 5 heterocycles. The molecule has 1 N–H and O–H groups in total. The van der Waals surface area contributed by atoms with Crippen LogP contribution in [0.1, 0.15) is 41.9 Å². The number of nitrogens with zero attached hydrogens (tertiary/aromatic N) is 4. The highest BCUT2D eigenvalue weighted by Crippen LogP contribution is 2.47. The highest BCUT2D eigenvalue weighted by Gasteiger charge is 2.51. The van der Waals surface area contributed by atoms with Crippen molar-refractivity contribution in [3.05, 3.63) is 71.7 Å². The third kappa shape index (κ3) is 3.47. The molecule has 1 unspecified atom stereocenters. The molecule has 3 aliphatic heterocycles. The van der Waals surface area contributed by atoms with Crippen LogP contribution in [0.25, 0.3) is 5.82 Å². The lowest BCUT2D eigenvalue weighted by Gasteiger charge is -2.46. The van der Waals surface area contributed by atoms with Crippen LogP contribution in [-0.4, -0.2) is 58.5 Å². The highest BCUT2D eigenvalue weighted by molar-refractivity contribution is 5.95. The number of hydrogen-bond acceptors (Lipinski definition) is 5. The topological polar surface area (TPSA) is 79.7 Å². The zero-order chi connectivity index (χ0) is 24.2. The first kappa shape index (κ1) is 21.7. The van der Waals surface area contributed by atoms with E-state index in [0.717, 1.165) is 41.4 Å². The number of amides is 2. The van der Waals surface area contributed by atoms with Crippen molar-refractivity contribution in [1.29, 1.82) is 0 Å². The van der Waals surface area contributed by atoms with Gasteiger partial charge in [0.05, 0.1) is 24.5 Å². The second-order valence-electron chi connectivity index (χ2n) is 9.85. The van der Waals surface area contributed by atoms with Crippen LogP contribution >= 0.6 is 0 Å². The molecule has 0 saturated carbocycles. The van der Waals surface area contributed by atoms with Crippen LogP contribution in [0.5, 0.6) is 5.75 Å². The first-order valence-electron chi connectivity index (χ1n) is 12.2. The van der Waals surface area contributed by atoms with E-state index < -0.39 is 5.54 Å². The summed E-state index contributed by atoms with van der Waals surface area (Å²) in [6, 6.07) is 13.8. The van der Waals surface area contributed by atoms with Gasteiger partial charge in [-0.25, -0.2) is 4.98 Å². The average Bonchev–Trinajstić information content (AvgIpc) is 3.60. The summed E-state index contributed by atoms with van der Waals surface area (Å²) in [7, 11) is 0. The molecule has 0 aliphatic carbocycles. The quantitative estimate of drug-likeness (QED) is 0.633. The van der Waals surface area contributed by atoms with E-state index in [9.17, 15) is 9.59 Å². The molecule has 3 aliphatic rings. The number of nitrogens with one attached hydrogen (secondary N) is 1. The Labute approximate surface area is 204 Å². The number of ether oxygens (including phenoxy) is 1. The molecular weight excluding hydrogens is 442 g/mol. The summed E-state index contributed by atoms with van der Waals surface area (Å²) < 4.78 is 7.72. The molecule has 1 saturated heterocycles. The van der Waals surface area contributed by atoms with Crippen molar-refractivity contribution in [3.8, 4) is 11.6 Å². The normalized spacial score (nSPS) is 20.0. The summed E-state index contributed by atoms with van der Waals surface area (Å²) in [5.41, 5.74) is 3.20. The number of likely N-dealkylation sites (tertiary alicyclic amines) is 1. The lowest BCUT2D eigenvalue weighted by Crippen LogP contribution is -2.56. The number of aromatic nitrogens is 2. The largest absolute Gasteiger partial charge is 0.493 e. The number of carbonyl (C=O) groups excluding carboxylic acids is 2. The fraction of sp³-hybridized carbons (Fsp3) is 0.370. The lowest BCUT2D eigenvalue weighted by atomic mass is 9.88. The summed E-state index contributed by atoms with van der Waals surface area (Å²) in [5.74, 6) is 1.64. The SMILES string of the molecule is CC(C)NC(=O)CN1c2cccnc2-n2cccc2C12CCN(C(=O)c1ccc3c(c1)CCO3)C2. The van der Waals surface area contributed by atoms with Crippen LogP contribution in [0.4, 0.5) is 5.69 Å². The van der Waals surface area contributed by atoms with Crippen LogP contribution in [-0.2, 0) is 16.8 Å². The fourth-order valence-electron chi connectivity index (χ4n) is 5.74. The molecule has 1 spiro atoms. The van der Waals surface area contributed by atoms with Gasteiger partial charge < -0.3 is 24.4 Å². The Bertz CT molecular complexity index is 1320. The fourth-order valence-corrected chi connectivity index (χ4v) is 5.74. The van der Waals surface area contributed by atoms with Crippen molar-refractivity contribution < 1.29 is 14.3 Å². The molecule has 2 aromatic heterocycles. The van der Waals surface area contributed by atoms with Crippen LogP contribution in [0.3, 0.4) is 0 Å². The second kappa shape index (κ2) is 8.15. The van der Waals surface area contributed by atoms with E-state index in [1.807, 2.05) is 61.3 Å². The molecular formula is C27H29N5O3. The zero-order valence-corrected chi connectivity index (χ0v) is 20.0. The third-order valence-electron chi connectivity index (χ3n) is 7.25. The van der Waals surface area contributed by atoms with Crippen LogP contribution < -0.4 is 15.0 Å². The first-order valence-corrected chi connectivity index (χ1v) is 12.2. The van der Waals surface area contributed by atoms with Crippen molar-refractivity contribution in [2.24, 2.45) is 0 Å². The Morgan fingerprint density at radius 1 is 1.20 bits per heavy atom. The van der Waals surface area contributed by atoms with Crippen molar-refractivity contribution in [2.75, 3.05) is 31.1 Å². The monoisotopic (exact) mass is 471 g/mol.